The van der Waals surface area contributed by atoms with E-state index in [1.54, 1.807) is 44.4 Å². The van der Waals surface area contributed by atoms with Gasteiger partial charge in [0.2, 0.25) is 17.9 Å². The van der Waals surface area contributed by atoms with Crippen LogP contribution in [0.3, 0.4) is 0 Å². The van der Waals surface area contributed by atoms with Gasteiger partial charge in [-0.15, -0.1) is 0 Å². The van der Waals surface area contributed by atoms with Crippen LogP contribution in [0.5, 0.6) is 0 Å². The molecule has 29 heavy (non-hydrogen) atoms. The molecule has 3 amide bonds. The van der Waals surface area contributed by atoms with Gasteiger partial charge in [-0.25, -0.2) is 4.79 Å². The van der Waals surface area contributed by atoms with E-state index in [1.807, 2.05) is 0 Å². The molecule has 0 radical (unpaired) electrons. The number of benzene rings is 2. The fourth-order valence-electron chi connectivity index (χ4n) is 2.59. The van der Waals surface area contributed by atoms with E-state index < -0.39 is 18.0 Å². The number of carbonyl (C=O) groups excluding carboxylic acids is 4. The quantitative estimate of drug-likeness (QED) is 0.729. The first-order chi connectivity index (χ1) is 13.7. The number of anilines is 2. The van der Waals surface area contributed by atoms with Crippen molar-refractivity contribution in [3.63, 3.8) is 0 Å². The van der Waals surface area contributed by atoms with Crippen LogP contribution >= 0.6 is 0 Å². The number of rotatable bonds is 6. The molecule has 0 saturated heterocycles. The summed E-state index contributed by atoms with van der Waals surface area (Å²) in [4.78, 5) is 49.5. The Morgan fingerprint density at radius 3 is 1.83 bits per heavy atom. The van der Waals surface area contributed by atoms with Gasteiger partial charge in [0.25, 0.3) is 5.91 Å². The van der Waals surface area contributed by atoms with Crippen LogP contribution in [-0.4, -0.2) is 42.7 Å². The average molecular weight is 397 g/mol. The van der Waals surface area contributed by atoms with E-state index >= 15 is 0 Å². The van der Waals surface area contributed by atoms with Gasteiger partial charge in [0.15, 0.2) is 0 Å². The molecule has 2 rings (SSSR count). The Morgan fingerprint density at radius 2 is 1.38 bits per heavy atom. The van der Waals surface area contributed by atoms with Crippen molar-refractivity contribution in [3.05, 3.63) is 59.7 Å². The largest absolute Gasteiger partial charge is 0.444 e. The van der Waals surface area contributed by atoms with Crippen LogP contribution in [0.4, 0.5) is 11.4 Å². The van der Waals surface area contributed by atoms with E-state index in [-0.39, 0.29) is 17.4 Å². The van der Waals surface area contributed by atoms with E-state index in [2.05, 4.69) is 10.6 Å². The van der Waals surface area contributed by atoms with Gasteiger partial charge in [0, 0.05) is 44.9 Å². The van der Waals surface area contributed by atoms with Gasteiger partial charge in [-0.3, -0.25) is 14.4 Å². The second-order valence-electron chi connectivity index (χ2n) is 6.59. The number of nitrogens with one attached hydrogen (secondary N) is 2. The summed E-state index contributed by atoms with van der Waals surface area (Å²) < 4.78 is 5.51. The number of amides is 3. The van der Waals surface area contributed by atoms with Crippen molar-refractivity contribution in [2.45, 2.75) is 20.0 Å². The predicted octanol–water partition coefficient (Wildman–Crippen LogP) is 2.59. The highest BCUT2D eigenvalue weighted by molar-refractivity contribution is 5.98. The van der Waals surface area contributed by atoms with Crippen molar-refractivity contribution in [2.75, 3.05) is 24.7 Å². The van der Waals surface area contributed by atoms with Crippen molar-refractivity contribution in [2.24, 2.45) is 0 Å². The van der Waals surface area contributed by atoms with Gasteiger partial charge in [0.1, 0.15) is 0 Å². The van der Waals surface area contributed by atoms with E-state index in [9.17, 15) is 19.2 Å². The summed E-state index contributed by atoms with van der Waals surface area (Å²) in [5, 5.41) is 5.13. The summed E-state index contributed by atoms with van der Waals surface area (Å²) in [6.07, 6.45) is -1.13. The second-order valence-corrected chi connectivity index (χ2v) is 6.59. The van der Waals surface area contributed by atoms with Crippen LogP contribution in [0.15, 0.2) is 48.5 Å². The number of esters is 1. The Bertz CT molecular complexity index is 891. The van der Waals surface area contributed by atoms with E-state index in [4.69, 9.17) is 4.74 Å². The number of ether oxygens (including phenoxy) is 1. The van der Waals surface area contributed by atoms with Crippen LogP contribution in [0.25, 0.3) is 0 Å². The fourth-order valence-corrected chi connectivity index (χ4v) is 2.59. The Morgan fingerprint density at radius 1 is 0.862 bits per heavy atom. The van der Waals surface area contributed by atoms with Crippen LogP contribution in [-0.2, 0) is 19.1 Å². The molecule has 0 aliphatic heterocycles. The molecular weight excluding hydrogens is 374 g/mol. The first-order valence-corrected chi connectivity index (χ1v) is 8.84. The number of nitrogens with zero attached hydrogens (tertiary/aromatic N) is 1. The van der Waals surface area contributed by atoms with E-state index in [0.717, 1.165) is 0 Å². The Kier molecular flexibility index (Phi) is 7.08. The fraction of sp³-hybridized carbons (Fsp3) is 0.238. The van der Waals surface area contributed by atoms with Crippen molar-refractivity contribution in [3.8, 4) is 0 Å². The summed E-state index contributed by atoms with van der Waals surface area (Å²) in [5.74, 6) is -1.85. The monoisotopic (exact) mass is 397 g/mol. The van der Waals surface area contributed by atoms with Crippen LogP contribution in [0.1, 0.15) is 35.9 Å². The molecule has 8 nitrogen and oxygen atoms in total. The topological polar surface area (TPSA) is 105 Å². The maximum absolute atomic E-state index is 12.8. The summed E-state index contributed by atoms with van der Waals surface area (Å²) >= 11 is 0. The van der Waals surface area contributed by atoms with E-state index in [0.29, 0.717) is 16.9 Å². The molecule has 2 N–H and O–H groups in total. The minimum atomic E-state index is -1.13. The molecule has 0 aliphatic rings. The number of hydrogen-bond donors (Lipinski definition) is 2. The molecule has 0 spiro atoms. The smallest absolute Gasteiger partial charge is 0.339 e. The summed E-state index contributed by atoms with van der Waals surface area (Å²) in [5.41, 5.74) is 1.23. The highest BCUT2D eigenvalue weighted by Crippen LogP contribution is 2.24. The zero-order valence-electron chi connectivity index (χ0n) is 16.7. The molecule has 0 aromatic heterocycles. The minimum Gasteiger partial charge on any atom is -0.444 e. The second kappa shape index (κ2) is 9.50. The van der Waals surface area contributed by atoms with Crippen LogP contribution < -0.4 is 10.6 Å². The number of hydrogen-bond acceptors (Lipinski definition) is 5. The third-order valence-electron chi connectivity index (χ3n) is 3.80. The van der Waals surface area contributed by atoms with Crippen LogP contribution in [0, 0.1) is 0 Å². The van der Waals surface area contributed by atoms with Gasteiger partial charge < -0.3 is 20.3 Å². The van der Waals surface area contributed by atoms with Crippen LogP contribution in [0.2, 0.25) is 0 Å². The summed E-state index contributed by atoms with van der Waals surface area (Å²) in [6, 6.07) is 13.0. The SMILES string of the molecule is CC(=O)Nc1cc(NC(C)=O)cc(C(=O)OC(C(=O)N(C)C)c2ccccc2)c1. The van der Waals surface area contributed by atoms with Gasteiger partial charge >= 0.3 is 5.97 Å². The Hall–Kier alpha value is -3.68. The maximum atomic E-state index is 12.8. The number of likely N-dealkylation sites (N-methyl/N-ethyl adjacent to an activating group) is 1. The molecule has 0 bridgehead atoms. The first kappa shape index (κ1) is 21.6. The van der Waals surface area contributed by atoms with Gasteiger partial charge in [-0.1, -0.05) is 30.3 Å². The van der Waals surface area contributed by atoms with Crippen molar-refractivity contribution >= 4 is 35.1 Å². The van der Waals surface area contributed by atoms with Gasteiger partial charge in [-0.05, 0) is 18.2 Å². The zero-order chi connectivity index (χ0) is 21.6. The third kappa shape index (κ3) is 6.17. The molecule has 1 unspecified atom stereocenters. The van der Waals surface area contributed by atoms with E-state index in [1.165, 1.54) is 36.9 Å². The molecule has 1 atom stereocenters. The lowest BCUT2D eigenvalue weighted by atomic mass is 10.1. The van der Waals surface area contributed by atoms with Gasteiger partial charge in [0.05, 0.1) is 5.56 Å². The molecule has 0 fully saturated rings. The first-order valence-electron chi connectivity index (χ1n) is 8.84. The maximum Gasteiger partial charge on any atom is 0.339 e. The molecule has 0 heterocycles. The molecule has 8 heteroatoms. The lowest BCUT2D eigenvalue weighted by Crippen LogP contribution is -2.31. The molecule has 152 valence electrons. The normalized spacial score (nSPS) is 11.2. The molecule has 0 saturated carbocycles. The van der Waals surface area contributed by atoms with Crippen molar-refractivity contribution < 1.29 is 23.9 Å². The number of carbonyl (C=O) groups is 4. The van der Waals surface area contributed by atoms with Crippen molar-refractivity contribution in [1.29, 1.82) is 0 Å². The Balaban J connectivity index is 2.38. The van der Waals surface area contributed by atoms with Crippen molar-refractivity contribution in [1.82, 2.24) is 4.90 Å². The summed E-state index contributed by atoms with van der Waals surface area (Å²) in [6.45, 7) is 2.65. The predicted molar refractivity (Wildman–Crippen MR) is 108 cm³/mol. The lowest BCUT2D eigenvalue weighted by molar-refractivity contribution is -0.138. The molecule has 0 aliphatic carbocycles. The molecule has 2 aromatic rings. The minimum absolute atomic E-state index is 0.0764. The molecule has 2 aromatic carbocycles. The van der Waals surface area contributed by atoms with Gasteiger partial charge in [-0.2, -0.15) is 0 Å². The zero-order valence-corrected chi connectivity index (χ0v) is 16.7. The highest BCUT2D eigenvalue weighted by Gasteiger charge is 2.27. The molecular formula is C21H23N3O5. The highest BCUT2D eigenvalue weighted by atomic mass is 16.5. The lowest BCUT2D eigenvalue weighted by Gasteiger charge is -2.21. The third-order valence-corrected chi connectivity index (χ3v) is 3.80. The average Bonchev–Trinajstić information content (AvgIpc) is 2.64. The summed E-state index contributed by atoms with van der Waals surface area (Å²) in [7, 11) is 3.14. The Labute approximate surface area is 168 Å². The standard InChI is InChI=1S/C21H23N3O5/c1-13(25)22-17-10-16(11-18(12-17)23-14(2)26)21(28)29-19(20(27)24(3)4)15-8-6-5-7-9-15/h5-12,19H,1-4H3,(H,22,25)(H,23,26).